The van der Waals surface area contributed by atoms with Gasteiger partial charge < -0.3 is 14.6 Å². The summed E-state index contributed by atoms with van der Waals surface area (Å²) in [6.45, 7) is 1.29. The molecule has 0 aromatic carbocycles. The fraction of sp³-hybridized carbons (Fsp3) is 0.545. The van der Waals surface area contributed by atoms with E-state index in [-0.39, 0.29) is 17.2 Å². The molecule has 1 aliphatic rings. The smallest absolute Gasteiger partial charge is 0.371 e. The van der Waals surface area contributed by atoms with Crippen LogP contribution in [0.15, 0.2) is 15.4 Å². The molecule has 0 bridgehead atoms. The molecule has 0 atom stereocenters. The number of carboxylic acids is 1. The fourth-order valence-electron chi connectivity index (χ4n) is 1.91. The first-order valence-electron chi connectivity index (χ1n) is 5.79. The number of aromatic carboxylic acids is 1. The van der Waals surface area contributed by atoms with E-state index in [2.05, 4.69) is 4.72 Å². The van der Waals surface area contributed by atoms with Crippen molar-refractivity contribution in [3.05, 3.63) is 17.6 Å². The monoisotopic (exact) mass is 289 g/mol. The summed E-state index contributed by atoms with van der Waals surface area (Å²) in [5.41, 5.74) is -0.986. The molecule has 3 N–H and O–H groups in total. The number of hydrogen-bond donors (Lipinski definition) is 3. The van der Waals surface area contributed by atoms with Crippen LogP contribution in [0.3, 0.4) is 0 Å². The normalized spacial score (nSPS) is 18.0. The molecule has 1 saturated carbocycles. The maximum absolute atomic E-state index is 12.0. The van der Waals surface area contributed by atoms with Crippen LogP contribution in [-0.4, -0.2) is 36.7 Å². The number of carboxylic acid groups (broad SMARTS) is 1. The Morgan fingerprint density at radius 3 is 2.58 bits per heavy atom. The molecule has 19 heavy (non-hydrogen) atoms. The lowest BCUT2D eigenvalue weighted by molar-refractivity contribution is -0.0271. The Hall–Kier alpha value is -1.38. The second kappa shape index (κ2) is 4.62. The van der Waals surface area contributed by atoms with E-state index in [4.69, 9.17) is 9.52 Å². The summed E-state index contributed by atoms with van der Waals surface area (Å²) in [7, 11) is -3.88. The topological polar surface area (TPSA) is 117 Å². The molecular formula is C11H15NO6S. The maximum atomic E-state index is 12.0. The Labute approximate surface area is 110 Å². The highest BCUT2D eigenvalue weighted by Gasteiger charge is 2.36. The van der Waals surface area contributed by atoms with Gasteiger partial charge in [-0.2, -0.15) is 0 Å². The van der Waals surface area contributed by atoms with Crippen LogP contribution in [0.5, 0.6) is 0 Å². The predicted octanol–water partition coefficient (Wildman–Crippen LogP) is 0.480. The largest absolute Gasteiger partial charge is 0.475 e. The molecule has 0 radical (unpaired) electrons. The minimum Gasteiger partial charge on any atom is -0.475 e. The van der Waals surface area contributed by atoms with Gasteiger partial charge in [0.1, 0.15) is 10.7 Å². The minimum absolute atomic E-state index is 0.00509. The van der Waals surface area contributed by atoms with E-state index in [1.165, 1.54) is 6.92 Å². The molecule has 106 valence electrons. The molecule has 1 aromatic rings. The van der Waals surface area contributed by atoms with Crippen molar-refractivity contribution >= 4 is 16.0 Å². The molecule has 1 aromatic heterocycles. The SMILES string of the molecule is Cc1oc(C(=O)O)cc1S(=O)(=O)NCC1(O)CCC1. The van der Waals surface area contributed by atoms with Crippen molar-refractivity contribution in [1.82, 2.24) is 4.72 Å². The Morgan fingerprint density at radius 2 is 2.16 bits per heavy atom. The first-order valence-corrected chi connectivity index (χ1v) is 7.28. The van der Waals surface area contributed by atoms with Gasteiger partial charge in [0.15, 0.2) is 0 Å². The second-order valence-electron chi connectivity index (χ2n) is 4.74. The highest BCUT2D eigenvalue weighted by atomic mass is 32.2. The van der Waals surface area contributed by atoms with E-state index in [0.29, 0.717) is 12.8 Å². The summed E-state index contributed by atoms with van der Waals surface area (Å²) in [6, 6.07) is 0.963. The molecule has 2 rings (SSSR count). The van der Waals surface area contributed by atoms with E-state index >= 15 is 0 Å². The molecule has 0 aliphatic heterocycles. The third-order valence-corrected chi connectivity index (χ3v) is 4.76. The number of nitrogens with one attached hydrogen (secondary N) is 1. The van der Waals surface area contributed by atoms with Gasteiger partial charge in [-0.15, -0.1) is 0 Å². The molecule has 1 aliphatic carbocycles. The zero-order valence-corrected chi connectivity index (χ0v) is 11.2. The second-order valence-corrected chi connectivity index (χ2v) is 6.47. The third kappa shape index (κ3) is 2.80. The van der Waals surface area contributed by atoms with Crippen LogP contribution in [0.4, 0.5) is 0 Å². The van der Waals surface area contributed by atoms with E-state index < -0.39 is 27.4 Å². The van der Waals surface area contributed by atoms with E-state index in [9.17, 15) is 18.3 Å². The van der Waals surface area contributed by atoms with Crippen molar-refractivity contribution < 1.29 is 27.8 Å². The summed E-state index contributed by atoms with van der Waals surface area (Å²) >= 11 is 0. The molecular weight excluding hydrogens is 274 g/mol. The average molecular weight is 289 g/mol. The van der Waals surface area contributed by atoms with Crippen LogP contribution in [0.1, 0.15) is 35.6 Å². The van der Waals surface area contributed by atoms with Gasteiger partial charge in [0.05, 0.1) is 5.60 Å². The van der Waals surface area contributed by atoms with Gasteiger partial charge in [0.2, 0.25) is 15.8 Å². The van der Waals surface area contributed by atoms with Crippen LogP contribution in [0.2, 0.25) is 0 Å². The Kier molecular flexibility index (Phi) is 3.41. The number of furan rings is 1. The van der Waals surface area contributed by atoms with Crippen molar-refractivity contribution in [2.24, 2.45) is 0 Å². The van der Waals surface area contributed by atoms with Crippen LogP contribution in [0, 0.1) is 6.92 Å². The summed E-state index contributed by atoms with van der Waals surface area (Å²) in [4.78, 5) is 10.5. The fourth-order valence-corrected chi connectivity index (χ4v) is 3.20. The lowest BCUT2D eigenvalue weighted by Crippen LogP contribution is -2.47. The minimum atomic E-state index is -3.88. The van der Waals surface area contributed by atoms with Crippen molar-refractivity contribution in [1.29, 1.82) is 0 Å². The lowest BCUT2D eigenvalue weighted by Gasteiger charge is -2.36. The zero-order valence-electron chi connectivity index (χ0n) is 10.3. The Morgan fingerprint density at radius 1 is 1.53 bits per heavy atom. The van der Waals surface area contributed by atoms with E-state index in [1.54, 1.807) is 0 Å². The zero-order chi connectivity index (χ0) is 14.3. The van der Waals surface area contributed by atoms with Crippen LogP contribution in [-0.2, 0) is 10.0 Å². The van der Waals surface area contributed by atoms with Crippen LogP contribution >= 0.6 is 0 Å². The van der Waals surface area contributed by atoms with Crippen LogP contribution < -0.4 is 4.72 Å². The van der Waals surface area contributed by atoms with Crippen molar-refractivity contribution in [2.45, 2.75) is 36.7 Å². The average Bonchev–Trinajstić information content (AvgIpc) is 2.67. The molecule has 1 fully saturated rings. The van der Waals surface area contributed by atoms with Crippen molar-refractivity contribution in [3.63, 3.8) is 0 Å². The summed E-state index contributed by atoms with van der Waals surface area (Å²) in [5, 5.41) is 18.6. The molecule has 0 unspecified atom stereocenters. The van der Waals surface area contributed by atoms with Gasteiger partial charge in [-0.05, 0) is 26.2 Å². The molecule has 8 heteroatoms. The molecule has 7 nitrogen and oxygen atoms in total. The number of sulfonamides is 1. The van der Waals surface area contributed by atoms with Crippen LogP contribution in [0.25, 0.3) is 0 Å². The summed E-state index contributed by atoms with van der Waals surface area (Å²) in [5.74, 6) is -1.76. The number of aliphatic hydroxyl groups is 1. The lowest BCUT2D eigenvalue weighted by atomic mass is 9.81. The predicted molar refractivity (Wildman–Crippen MR) is 64.4 cm³/mol. The molecule has 1 heterocycles. The van der Waals surface area contributed by atoms with E-state index in [1.807, 2.05) is 0 Å². The molecule has 0 saturated heterocycles. The first kappa shape index (κ1) is 14.0. The van der Waals surface area contributed by atoms with Gasteiger partial charge in [-0.3, -0.25) is 0 Å². The quantitative estimate of drug-likeness (QED) is 0.726. The van der Waals surface area contributed by atoms with Gasteiger partial charge in [-0.1, -0.05) is 0 Å². The van der Waals surface area contributed by atoms with Gasteiger partial charge in [0, 0.05) is 12.6 Å². The number of aryl methyl sites for hydroxylation is 1. The van der Waals surface area contributed by atoms with Gasteiger partial charge in [0.25, 0.3) is 0 Å². The summed E-state index contributed by atoms with van der Waals surface area (Å²) in [6.07, 6.45) is 1.98. The standard InChI is InChI=1S/C11H15NO6S/c1-7-9(5-8(18-7)10(13)14)19(16,17)12-6-11(15)3-2-4-11/h5,12,15H,2-4,6H2,1H3,(H,13,14). The molecule has 0 amide bonds. The Balaban J connectivity index is 2.17. The molecule has 0 spiro atoms. The van der Waals surface area contributed by atoms with Gasteiger partial charge in [-0.25, -0.2) is 17.9 Å². The third-order valence-electron chi connectivity index (χ3n) is 3.25. The number of rotatable bonds is 5. The number of carbonyl (C=O) groups is 1. The van der Waals surface area contributed by atoms with E-state index in [0.717, 1.165) is 12.5 Å². The van der Waals surface area contributed by atoms with Crippen molar-refractivity contribution in [2.75, 3.05) is 6.54 Å². The van der Waals surface area contributed by atoms with Gasteiger partial charge >= 0.3 is 5.97 Å². The first-order chi connectivity index (χ1) is 8.73. The highest BCUT2D eigenvalue weighted by Crippen LogP contribution is 2.31. The highest BCUT2D eigenvalue weighted by molar-refractivity contribution is 7.89. The summed E-state index contributed by atoms with van der Waals surface area (Å²) < 4.78 is 31.1. The van der Waals surface area contributed by atoms with Crippen molar-refractivity contribution in [3.8, 4) is 0 Å². The Bertz CT molecular complexity index is 599. The maximum Gasteiger partial charge on any atom is 0.371 e. The number of hydrogen-bond acceptors (Lipinski definition) is 5.